The molecule has 0 bridgehead atoms. The molecule has 0 aliphatic carbocycles. The second-order valence-electron chi connectivity index (χ2n) is 9.64. The van der Waals surface area contributed by atoms with Crippen LogP contribution in [-0.2, 0) is 33.3 Å². The van der Waals surface area contributed by atoms with E-state index >= 15 is 0 Å². The van der Waals surface area contributed by atoms with Gasteiger partial charge in [-0.05, 0) is 37.6 Å². The van der Waals surface area contributed by atoms with Gasteiger partial charge in [0.1, 0.15) is 0 Å². The minimum Gasteiger partial charge on any atom is -0.454 e. The molecular formula is C27H29N4O9S2+. The summed E-state index contributed by atoms with van der Waals surface area (Å²) in [5, 5.41) is 9.44. The van der Waals surface area contributed by atoms with Crippen molar-refractivity contribution in [2.75, 3.05) is 29.7 Å². The van der Waals surface area contributed by atoms with Gasteiger partial charge in [0.25, 0.3) is 26.1 Å². The number of benzene rings is 2. The molecule has 3 aromatic rings. The molecule has 0 atom stereocenters. The van der Waals surface area contributed by atoms with E-state index < -0.39 is 31.7 Å². The SMILES string of the molecule is CC[n+]1c(C=CC=C2Oc3cc4c(cc3N2CCCS(=O)(=O)O)OCO4)n(CCCS(=O)(=O)O)c2cc(C#N)ccc21. The average Bonchev–Trinajstić information content (AvgIpc) is 3.59. The lowest BCUT2D eigenvalue weighted by atomic mass is 10.2. The summed E-state index contributed by atoms with van der Waals surface area (Å²) in [6, 6.07) is 10.9. The van der Waals surface area contributed by atoms with Gasteiger partial charge in [0.2, 0.25) is 12.7 Å². The fraction of sp³-hybridized carbons (Fsp3) is 0.333. The molecule has 0 amide bonds. The molecule has 5 rings (SSSR count). The molecule has 0 saturated heterocycles. The van der Waals surface area contributed by atoms with Gasteiger partial charge in [-0.3, -0.25) is 9.11 Å². The Morgan fingerprint density at radius 3 is 2.36 bits per heavy atom. The summed E-state index contributed by atoms with van der Waals surface area (Å²) in [4.78, 5) is 1.78. The van der Waals surface area contributed by atoms with Crippen LogP contribution in [0.4, 0.5) is 5.69 Å². The molecule has 42 heavy (non-hydrogen) atoms. The molecule has 222 valence electrons. The van der Waals surface area contributed by atoms with E-state index in [-0.39, 0.29) is 32.7 Å². The van der Waals surface area contributed by atoms with Crippen LogP contribution in [0.15, 0.2) is 48.4 Å². The van der Waals surface area contributed by atoms with Crippen molar-refractivity contribution in [1.29, 1.82) is 5.26 Å². The van der Waals surface area contributed by atoms with Gasteiger partial charge in [-0.2, -0.15) is 22.1 Å². The van der Waals surface area contributed by atoms with E-state index in [1.807, 2.05) is 28.2 Å². The van der Waals surface area contributed by atoms with Gasteiger partial charge in [0, 0.05) is 37.2 Å². The molecule has 2 aromatic carbocycles. The van der Waals surface area contributed by atoms with Crippen molar-refractivity contribution in [3.8, 4) is 23.3 Å². The first-order valence-corrected chi connectivity index (χ1v) is 16.3. The molecule has 3 heterocycles. The van der Waals surface area contributed by atoms with E-state index in [9.17, 15) is 31.2 Å². The zero-order chi connectivity index (χ0) is 30.1. The van der Waals surface area contributed by atoms with Gasteiger partial charge in [-0.15, -0.1) is 0 Å². The Labute approximate surface area is 242 Å². The number of aromatic nitrogens is 2. The van der Waals surface area contributed by atoms with Crippen molar-refractivity contribution >= 4 is 43.0 Å². The first-order valence-electron chi connectivity index (χ1n) is 13.1. The Kier molecular flexibility index (Phi) is 8.15. The lowest BCUT2D eigenvalue weighted by Gasteiger charge is -2.17. The summed E-state index contributed by atoms with van der Waals surface area (Å²) in [5.41, 5.74) is 2.70. The second-order valence-corrected chi connectivity index (χ2v) is 12.8. The number of nitrogens with zero attached hydrogens (tertiary/aromatic N) is 4. The number of allylic oxidation sites excluding steroid dienone is 2. The maximum Gasteiger partial charge on any atom is 0.282 e. The number of ether oxygens (including phenoxy) is 3. The van der Waals surface area contributed by atoms with Crippen molar-refractivity contribution in [3.63, 3.8) is 0 Å². The molecule has 0 radical (unpaired) electrons. The van der Waals surface area contributed by atoms with Gasteiger partial charge < -0.3 is 19.1 Å². The first kappa shape index (κ1) is 29.4. The van der Waals surface area contributed by atoms with Gasteiger partial charge in [0.05, 0.1) is 41.9 Å². The number of imidazole rings is 1. The molecule has 2 aliphatic heterocycles. The second kappa shape index (κ2) is 11.6. The number of hydrogen-bond acceptors (Lipinski definition) is 9. The normalized spacial score (nSPS) is 15.5. The molecule has 15 heteroatoms. The Balaban J connectivity index is 1.51. The summed E-state index contributed by atoms with van der Waals surface area (Å²) in [6.45, 7) is 3.13. The minimum absolute atomic E-state index is 0.0813. The fourth-order valence-corrected chi connectivity index (χ4v) is 6.04. The van der Waals surface area contributed by atoms with Crippen LogP contribution in [0, 0.1) is 11.3 Å². The Morgan fingerprint density at radius 1 is 1.00 bits per heavy atom. The van der Waals surface area contributed by atoms with Gasteiger partial charge in [-0.1, -0.05) is 0 Å². The van der Waals surface area contributed by atoms with Crippen LogP contribution in [0.5, 0.6) is 17.2 Å². The van der Waals surface area contributed by atoms with Crippen molar-refractivity contribution in [2.45, 2.75) is 32.9 Å². The third-order valence-corrected chi connectivity index (χ3v) is 8.44. The van der Waals surface area contributed by atoms with E-state index in [0.29, 0.717) is 40.9 Å². The summed E-state index contributed by atoms with van der Waals surface area (Å²) < 4.78 is 84.8. The Hall–Kier alpha value is -4.10. The van der Waals surface area contributed by atoms with Crippen molar-refractivity contribution in [1.82, 2.24) is 4.57 Å². The summed E-state index contributed by atoms with van der Waals surface area (Å²) in [5.74, 6) is 1.86. The maximum atomic E-state index is 11.4. The van der Waals surface area contributed by atoms with Gasteiger partial charge in [0.15, 0.2) is 28.3 Å². The van der Waals surface area contributed by atoms with Crippen LogP contribution in [-0.4, -0.2) is 55.4 Å². The fourth-order valence-electron chi connectivity index (χ4n) is 5.05. The smallest absolute Gasteiger partial charge is 0.282 e. The monoisotopic (exact) mass is 617 g/mol. The molecule has 1 aromatic heterocycles. The maximum absolute atomic E-state index is 11.4. The predicted octanol–water partition coefficient (Wildman–Crippen LogP) is 2.86. The molecular weight excluding hydrogens is 588 g/mol. The zero-order valence-corrected chi connectivity index (χ0v) is 24.3. The third kappa shape index (κ3) is 6.36. The van der Waals surface area contributed by atoms with Crippen molar-refractivity contribution in [2.24, 2.45) is 0 Å². The number of aryl methyl sites for hydroxylation is 2. The molecule has 0 unspecified atom stereocenters. The number of fused-ring (bicyclic) bond motifs is 3. The van der Waals surface area contributed by atoms with E-state index in [0.717, 1.165) is 16.9 Å². The van der Waals surface area contributed by atoms with Crippen molar-refractivity contribution in [3.05, 3.63) is 59.8 Å². The highest BCUT2D eigenvalue weighted by Gasteiger charge is 2.30. The Morgan fingerprint density at radius 2 is 1.69 bits per heavy atom. The molecule has 13 nitrogen and oxygen atoms in total. The molecule has 0 spiro atoms. The number of hydrogen-bond donors (Lipinski definition) is 2. The summed E-state index contributed by atoms with van der Waals surface area (Å²) in [6.07, 6.45) is 5.57. The van der Waals surface area contributed by atoms with E-state index in [1.165, 1.54) is 0 Å². The predicted molar refractivity (Wildman–Crippen MR) is 152 cm³/mol. The van der Waals surface area contributed by atoms with Crippen LogP contribution >= 0.6 is 0 Å². The number of anilines is 1. The van der Waals surface area contributed by atoms with Crippen LogP contribution in [0.25, 0.3) is 17.1 Å². The lowest BCUT2D eigenvalue weighted by molar-refractivity contribution is -0.670. The van der Waals surface area contributed by atoms with Crippen LogP contribution in [0.1, 0.15) is 31.2 Å². The zero-order valence-electron chi connectivity index (χ0n) is 22.6. The molecule has 0 saturated carbocycles. The highest BCUT2D eigenvalue weighted by Crippen LogP contribution is 2.47. The topological polar surface area (TPSA) is 172 Å². The van der Waals surface area contributed by atoms with Crippen LogP contribution < -0.4 is 23.7 Å². The van der Waals surface area contributed by atoms with Gasteiger partial charge in [-0.25, -0.2) is 9.13 Å². The van der Waals surface area contributed by atoms with E-state index in [1.54, 1.807) is 41.3 Å². The van der Waals surface area contributed by atoms with E-state index in [4.69, 9.17) is 14.2 Å². The highest BCUT2D eigenvalue weighted by atomic mass is 32.2. The van der Waals surface area contributed by atoms with Gasteiger partial charge >= 0.3 is 0 Å². The molecule has 0 fully saturated rings. The summed E-state index contributed by atoms with van der Waals surface area (Å²) in [7, 11) is -8.29. The van der Waals surface area contributed by atoms with E-state index in [2.05, 4.69) is 6.07 Å². The highest BCUT2D eigenvalue weighted by molar-refractivity contribution is 7.86. The van der Waals surface area contributed by atoms with Crippen LogP contribution in [0.3, 0.4) is 0 Å². The standard InChI is InChI=1S/C27H28N4O9S2/c1-2-29-20-9-8-19(17-28)14-21(20)30(10-4-12-41(32,33)34)26(29)6-3-7-27-31(11-5-13-42(35,36)37)22-15-24-25(39-18-38-24)16-23(22)40-27/h3,6-9,14-16H,2,4-5,10-13,18H2,1H3,(H-,32,33,34,35,36,37)/p+1. The molecule has 2 aliphatic rings. The number of nitriles is 1. The summed E-state index contributed by atoms with van der Waals surface area (Å²) >= 11 is 0. The Bertz CT molecular complexity index is 1860. The minimum atomic E-state index is -4.15. The number of rotatable bonds is 11. The largest absolute Gasteiger partial charge is 0.454 e. The third-order valence-electron chi connectivity index (χ3n) is 6.83. The lowest BCUT2D eigenvalue weighted by Crippen LogP contribution is -2.35. The molecule has 2 N–H and O–H groups in total. The van der Waals surface area contributed by atoms with Crippen LogP contribution in [0.2, 0.25) is 0 Å². The quantitative estimate of drug-likeness (QED) is 0.239. The average molecular weight is 618 g/mol. The van der Waals surface area contributed by atoms with Crippen molar-refractivity contribution < 1.29 is 44.7 Å². The first-order chi connectivity index (χ1) is 20.0.